The summed E-state index contributed by atoms with van der Waals surface area (Å²) >= 11 is 0. The minimum absolute atomic E-state index is 0.0699. The summed E-state index contributed by atoms with van der Waals surface area (Å²) in [6.45, 7) is 14.8. The van der Waals surface area contributed by atoms with Crippen LogP contribution in [0, 0.1) is 11.3 Å². The van der Waals surface area contributed by atoms with Crippen molar-refractivity contribution in [2.75, 3.05) is 53.4 Å². The van der Waals surface area contributed by atoms with E-state index < -0.39 is 11.5 Å². The largest absolute Gasteiger partial charge is 0.342 e. The Morgan fingerprint density at radius 1 is 0.791 bits per heavy atom. The van der Waals surface area contributed by atoms with Gasteiger partial charge in [0.15, 0.2) is 0 Å². The summed E-state index contributed by atoms with van der Waals surface area (Å²) in [5, 5.41) is 3.15. The van der Waals surface area contributed by atoms with Gasteiger partial charge in [0, 0.05) is 39.3 Å². The molecule has 4 rings (SSSR count). The van der Waals surface area contributed by atoms with Crippen LogP contribution in [-0.2, 0) is 19.2 Å². The molecule has 0 aromatic rings. The predicted octanol–water partition coefficient (Wildman–Crippen LogP) is 2.56. The first-order valence-corrected chi connectivity index (χ1v) is 16.9. The maximum Gasteiger partial charge on any atom is 0.245 e. The number of hydrogen-bond acceptors (Lipinski definition) is 6. The molecular formula is C33H58N6O4. The Balaban J connectivity index is 1.45. The van der Waals surface area contributed by atoms with Gasteiger partial charge in [-0.25, -0.2) is 0 Å². The van der Waals surface area contributed by atoms with Gasteiger partial charge in [-0.2, -0.15) is 0 Å². The van der Waals surface area contributed by atoms with Crippen LogP contribution in [0.25, 0.3) is 0 Å². The molecule has 43 heavy (non-hydrogen) atoms. The fourth-order valence-corrected chi connectivity index (χ4v) is 7.63. The van der Waals surface area contributed by atoms with Crippen LogP contribution in [0.1, 0.15) is 92.4 Å². The van der Waals surface area contributed by atoms with Crippen LogP contribution in [0.15, 0.2) is 0 Å². The summed E-state index contributed by atoms with van der Waals surface area (Å²) in [5.74, 6) is 0.186. The van der Waals surface area contributed by atoms with E-state index in [1.54, 1.807) is 0 Å². The molecule has 0 aliphatic carbocycles. The number of likely N-dealkylation sites (tertiary alicyclic amines) is 4. The van der Waals surface area contributed by atoms with Gasteiger partial charge in [0.25, 0.3) is 0 Å². The molecule has 4 aliphatic heterocycles. The number of carbonyl (C=O) groups excluding carboxylic acids is 4. The SMILES string of the molecule is CC(C)[C@@H](CN1CCC[C@H]1C(=O)N1CCCC1C(=O)N1CCCC1)N(C)C(=O)[C@@H](NC(=O)[C@H]1CCCCN1C)C(C)(C)C. The van der Waals surface area contributed by atoms with Crippen LogP contribution in [0.2, 0.25) is 0 Å². The first-order chi connectivity index (χ1) is 20.3. The molecule has 1 unspecified atom stereocenters. The Morgan fingerprint density at radius 3 is 2.02 bits per heavy atom. The van der Waals surface area contributed by atoms with Gasteiger partial charge in [-0.05, 0) is 82.8 Å². The summed E-state index contributed by atoms with van der Waals surface area (Å²) in [7, 11) is 3.83. The first-order valence-electron chi connectivity index (χ1n) is 16.9. The van der Waals surface area contributed by atoms with E-state index in [1.165, 1.54) is 0 Å². The highest BCUT2D eigenvalue weighted by Crippen LogP contribution is 2.29. The van der Waals surface area contributed by atoms with Crippen LogP contribution >= 0.6 is 0 Å². The van der Waals surface area contributed by atoms with Gasteiger partial charge in [0.1, 0.15) is 12.1 Å². The highest BCUT2D eigenvalue weighted by atomic mass is 16.2. The molecule has 1 N–H and O–H groups in total. The van der Waals surface area contributed by atoms with Gasteiger partial charge in [-0.3, -0.25) is 29.0 Å². The second-order valence-corrected chi connectivity index (χ2v) is 14.9. The molecule has 0 bridgehead atoms. The van der Waals surface area contributed by atoms with Crippen LogP contribution in [0.5, 0.6) is 0 Å². The van der Waals surface area contributed by atoms with Gasteiger partial charge in [-0.1, -0.05) is 41.0 Å². The van der Waals surface area contributed by atoms with E-state index in [9.17, 15) is 19.2 Å². The van der Waals surface area contributed by atoms with E-state index in [-0.39, 0.29) is 53.7 Å². The molecule has 0 spiro atoms. The van der Waals surface area contributed by atoms with E-state index in [0.29, 0.717) is 13.1 Å². The number of likely N-dealkylation sites (N-methyl/N-ethyl adjacent to an activating group) is 2. The molecule has 0 saturated carbocycles. The van der Waals surface area contributed by atoms with E-state index in [1.807, 2.05) is 49.6 Å². The molecule has 10 heteroatoms. The second-order valence-electron chi connectivity index (χ2n) is 14.9. The Bertz CT molecular complexity index is 1010. The smallest absolute Gasteiger partial charge is 0.245 e. The van der Waals surface area contributed by atoms with Crippen molar-refractivity contribution < 1.29 is 19.2 Å². The van der Waals surface area contributed by atoms with Crippen molar-refractivity contribution in [2.24, 2.45) is 11.3 Å². The number of amides is 4. The third-order valence-electron chi connectivity index (χ3n) is 10.4. The van der Waals surface area contributed by atoms with E-state index >= 15 is 0 Å². The molecule has 4 fully saturated rings. The standard InChI is InChI=1S/C33H58N6O4/c1-23(2)27(36(7)32(43)28(33(3,4)5)34-29(40)24-14-8-9-17-35(24)6)22-38-20-12-15-25(38)31(42)39-21-13-16-26(39)30(41)37-18-10-11-19-37/h23-28H,8-22H2,1-7H3,(H,34,40)/t24-,25+,26?,27-,28-/m1/s1. The number of carbonyl (C=O) groups is 4. The van der Waals surface area contributed by atoms with Gasteiger partial charge in [-0.15, -0.1) is 0 Å². The van der Waals surface area contributed by atoms with Crippen molar-refractivity contribution in [1.82, 2.24) is 29.8 Å². The topological polar surface area (TPSA) is 96.5 Å². The van der Waals surface area contributed by atoms with Crippen molar-refractivity contribution in [3.05, 3.63) is 0 Å². The first kappa shape index (κ1) is 33.7. The van der Waals surface area contributed by atoms with Gasteiger partial charge < -0.3 is 20.0 Å². The second kappa shape index (κ2) is 14.3. The number of nitrogens with zero attached hydrogens (tertiary/aromatic N) is 5. The molecule has 4 amide bonds. The zero-order valence-electron chi connectivity index (χ0n) is 27.9. The maximum absolute atomic E-state index is 14.1. The summed E-state index contributed by atoms with van der Waals surface area (Å²) in [6.07, 6.45) is 8.32. The number of hydrogen-bond donors (Lipinski definition) is 1. The third-order valence-corrected chi connectivity index (χ3v) is 10.4. The minimum Gasteiger partial charge on any atom is -0.342 e. The molecular weight excluding hydrogens is 544 g/mol. The van der Waals surface area contributed by atoms with E-state index in [2.05, 4.69) is 29.0 Å². The Morgan fingerprint density at radius 2 is 1.40 bits per heavy atom. The Labute approximate surface area is 259 Å². The monoisotopic (exact) mass is 602 g/mol. The average molecular weight is 603 g/mol. The fraction of sp³-hybridized carbons (Fsp3) is 0.879. The third kappa shape index (κ3) is 7.72. The summed E-state index contributed by atoms with van der Waals surface area (Å²) < 4.78 is 0. The lowest BCUT2D eigenvalue weighted by Crippen LogP contribution is -2.61. The number of piperidine rings is 1. The van der Waals surface area contributed by atoms with Gasteiger partial charge >= 0.3 is 0 Å². The molecule has 4 saturated heterocycles. The molecule has 0 aromatic heterocycles. The van der Waals surface area contributed by atoms with Crippen molar-refractivity contribution in [3.8, 4) is 0 Å². The quantitative estimate of drug-likeness (QED) is 0.436. The molecule has 0 aromatic carbocycles. The fourth-order valence-electron chi connectivity index (χ4n) is 7.63. The lowest BCUT2D eigenvalue weighted by Gasteiger charge is -2.41. The van der Waals surface area contributed by atoms with Crippen molar-refractivity contribution in [2.45, 2.75) is 123 Å². The number of nitrogens with one attached hydrogen (secondary N) is 1. The molecule has 4 aliphatic rings. The Kier molecular flexibility index (Phi) is 11.2. The van der Waals surface area contributed by atoms with Gasteiger partial charge in [0.2, 0.25) is 23.6 Å². The van der Waals surface area contributed by atoms with Crippen LogP contribution in [0.4, 0.5) is 0 Å². The highest BCUT2D eigenvalue weighted by Gasteiger charge is 2.44. The minimum atomic E-state index is -0.653. The van der Waals surface area contributed by atoms with E-state index in [4.69, 9.17) is 0 Å². The van der Waals surface area contributed by atoms with Crippen LogP contribution in [-0.4, -0.2) is 132 Å². The summed E-state index contributed by atoms with van der Waals surface area (Å²) in [5.41, 5.74) is -0.464. The summed E-state index contributed by atoms with van der Waals surface area (Å²) in [6, 6.07) is -1.59. The molecule has 0 radical (unpaired) electrons. The molecule has 4 heterocycles. The number of rotatable bonds is 9. The van der Waals surface area contributed by atoms with Crippen LogP contribution in [0.3, 0.4) is 0 Å². The van der Waals surface area contributed by atoms with Crippen LogP contribution < -0.4 is 5.32 Å². The van der Waals surface area contributed by atoms with Crippen molar-refractivity contribution in [1.29, 1.82) is 0 Å². The predicted molar refractivity (Wildman–Crippen MR) is 168 cm³/mol. The molecule has 10 nitrogen and oxygen atoms in total. The summed E-state index contributed by atoms with van der Waals surface area (Å²) in [4.78, 5) is 64.7. The lowest BCUT2D eigenvalue weighted by atomic mass is 9.84. The Hall–Kier alpha value is -2.20. The highest BCUT2D eigenvalue weighted by molar-refractivity contribution is 5.91. The molecule has 244 valence electrons. The average Bonchev–Trinajstić information content (AvgIpc) is 3.75. The maximum atomic E-state index is 14.1. The van der Waals surface area contributed by atoms with Crippen molar-refractivity contribution in [3.63, 3.8) is 0 Å². The van der Waals surface area contributed by atoms with E-state index in [0.717, 1.165) is 84.0 Å². The van der Waals surface area contributed by atoms with Crippen molar-refractivity contribution >= 4 is 23.6 Å². The zero-order chi connectivity index (χ0) is 31.5. The normalized spacial score (nSPS) is 27.0. The van der Waals surface area contributed by atoms with Gasteiger partial charge in [0.05, 0.1) is 12.1 Å². The zero-order valence-corrected chi connectivity index (χ0v) is 27.9. The molecule has 5 atom stereocenters. The lowest BCUT2D eigenvalue weighted by molar-refractivity contribution is -0.146.